The quantitative estimate of drug-likeness (QED) is 0.875. The van der Waals surface area contributed by atoms with Gasteiger partial charge in [-0.1, -0.05) is 0 Å². The van der Waals surface area contributed by atoms with E-state index in [1.807, 2.05) is 19.0 Å². The van der Waals surface area contributed by atoms with Gasteiger partial charge in [-0.25, -0.2) is 4.79 Å². The molecule has 1 rings (SSSR count). The molecule has 0 saturated heterocycles. The van der Waals surface area contributed by atoms with Crippen LogP contribution in [-0.4, -0.2) is 25.2 Å². The molecule has 0 saturated carbocycles. The zero-order valence-corrected chi connectivity index (χ0v) is 9.07. The van der Waals surface area contributed by atoms with Gasteiger partial charge in [0.2, 0.25) is 0 Å². The molecule has 0 amide bonds. The van der Waals surface area contributed by atoms with E-state index in [2.05, 4.69) is 15.9 Å². The molecule has 0 aliphatic rings. The molecule has 5 heteroatoms. The Balaban J connectivity index is 3.09. The molecule has 0 bridgehead atoms. The van der Waals surface area contributed by atoms with Crippen LogP contribution in [0.4, 0.5) is 5.00 Å². The van der Waals surface area contributed by atoms with Gasteiger partial charge in [0.1, 0.15) is 9.88 Å². The molecule has 0 spiro atoms. The number of hydrogen-bond acceptors (Lipinski definition) is 3. The van der Waals surface area contributed by atoms with Crippen molar-refractivity contribution >= 4 is 38.2 Å². The molecule has 1 aromatic heterocycles. The van der Waals surface area contributed by atoms with Crippen molar-refractivity contribution in [1.29, 1.82) is 0 Å². The maximum absolute atomic E-state index is 10.6. The average molecular weight is 250 g/mol. The van der Waals surface area contributed by atoms with E-state index in [1.54, 1.807) is 6.07 Å². The Hall–Kier alpha value is -0.550. The lowest BCUT2D eigenvalue weighted by molar-refractivity contribution is 0.0702. The molecular formula is C7H8BrNO2S. The predicted molar refractivity (Wildman–Crippen MR) is 53.3 cm³/mol. The van der Waals surface area contributed by atoms with Crippen molar-refractivity contribution in [2.75, 3.05) is 19.0 Å². The summed E-state index contributed by atoms with van der Waals surface area (Å²) < 4.78 is 0.829. The highest BCUT2D eigenvalue weighted by molar-refractivity contribution is 9.10. The monoisotopic (exact) mass is 249 g/mol. The molecule has 1 heterocycles. The van der Waals surface area contributed by atoms with Crippen molar-refractivity contribution in [2.24, 2.45) is 0 Å². The summed E-state index contributed by atoms with van der Waals surface area (Å²) in [5.41, 5.74) is 0. The first-order valence-corrected chi connectivity index (χ1v) is 4.83. The minimum Gasteiger partial charge on any atom is -0.477 e. The van der Waals surface area contributed by atoms with Crippen LogP contribution < -0.4 is 4.90 Å². The Morgan fingerprint density at radius 1 is 1.67 bits per heavy atom. The summed E-state index contributed by atoms with van der Waals surface area (Å²) in [6, 6.07) is 1.61. The fraction of sp³-hybridized carbons (Fsp3) is 0.286. The predicted octanol–water partition coefficient (Wildman–Crippen LogP) is 2.27. The lowest BCUT2D eigenvalue weighted by Gasteiger charge is -2.08. The number of aromatic carboxylic acids is 1. The Kier molecular flexibility index (Phi) is 2.74. The first kappa shape index (κ1) is 9.54. The van der Waals surface area contributed by atoms with E-state index in [1.165, 1.54) is 11.3 Å². The second kappa shape index (κ2) is 3.45. The Morgan fingerprint density at radius 2 is 2.25 bits per heavy atom. The number of carbonyl (C=O) groups is 1. The molecule has 0 aliphatic carbocycles. The Bertz CT molecular complexity index is 308. The molecule has 1 aromatic rings. The molecule has 0 fully saturated rings. The first-order valence-electron chi connectivity index (χ1n) is 3.22. The van der Waals surface area contributed by atoms with Crippen LogP contribution in [0.5, 0.6) is 0 Å². The minimum absolute atomic E-state index is 0.352. The van der Waals surface area contributed by atoms with Gasteiger partial charge < -0.3 is 10.0 Å². The van der Waals surface area contributed by atoms with Gasteiger partial charge >= 0.3 is 5.97 Å². The van der Waals surface area contributed by atoms with Crippen LogP contribution in [0.2, 0.25) is 0 Å². The summed E-state index contributed by atoms with van der Waals surface area (Å²) >= 11 is 4.55. The zero-order chi connectivity index (χ0) is 9.30. The molecule has 12 heavy (non-hydrogen) atoms. The number of hydrogen-bond donors (Lipinski definition) is 1. The van der Waals surface area contributed by atoms with Crippen LogP contribution in [0.3, 0.4) is 0 Å². The van der Waals surface area contributed by atoms with E-state index >= 15 is 0 Å². The van der Waals surface area contributed by atoms with Crippen molar-refractivity contribution in [1.82, 2.24) is 0 Å². The lowest BCUT2D eigenvalue weighted by atomic mass is 10.5. The lowest BCUT2D eigenvalue weighted by Crippen LogP contribution is -2.06. The molecule has 0 aliphatic heterocycles. The van der Waals surface area contributed by atoms with Crippen molar-refractivity contribution in [3.05, 3.63) is 15.4 Å². The van der Waals surface area contributed by atoms with Crippen LogP contribution in [0, 0.1) is 0 Å². The van der Waals surface area contributed by atoms with Crippen molar-refractivity contribution < 1.29 is 9.90 Å². The SMILES string of the molecule is CN(C)c1sc(C(=O)O)cc1Br. The fourth-order valence-corrected chi connectivity index (χ4v) is 2.56. The van der Waals surface area contributed by atoms with Crippen LogP contribution >= 0.6 is 27.3 Å². The zero-order valence-electron chi connectivity index (χ0n) is 6.67. The number of halogens is 1. The summed E-state index contributed by atoms with van der Waals surface area (Å²) in [5, 5.41) is 9.60. The van der Waals surface area contributed by atoms with Crippen molar-refractivity contribution in [3.8, 4) is 0 Å². The molecule has 1 N–H and O–H groups in total. The second-order valence-corrected chi connectivity index (χ2v) is 4.35. The summed E-state index contributed by atoms with van der Waals surface area (Å²) in [7, 11) is 3.75. The number of carboxylic acids is 1. The second-order valence-electron chi connectivity index (χ2n) is 2.46. The van der Waals surface area contributed by atoms with Crippen LogP contribution in [0.1, 0.15) is 9.67 Å². The molecule has 0 radical (unpaired) electrons. The molecule has 0 aromatic carbocycles. The van der Waals surface area contributed by atoms with Crippen molar-refractivity contribution in [3.63, 3.8) is 0 Å². The van der Waals surface area contributed by atoms with Gasteiger partial charge in [0.15, 0.2) is 0 Å². The third-order valence-electron chi connectivity index (χ3n) is 1.29. The topological polar surface area (TPSA) is 40.5 Å². The van der Waals surface area contributed by atoms with Crippen LogP contribution in [0.15, 0.2) is 10.5 Å². The van der Waals surface area contributed by atoms with E-state index in [-0.39, 0.29) is 0 Å². The van der Waals surface area contributed by atoms with E-state index in [9.17, 15) is 4.79 Å². The molecule has 0 atom stereocenters. The molecule has 66 valence electrons. The van der Waals surface area contributed by atoms with Crippen LogP contribution in [0.25, 0.3) is 0 Å². The molecule has 0 unspecified atom stereocenters. The highest BCUT2D eigenvalue weighted by atomic mass is 79.9. The summed E-state index contributed by atoms with van der Waals surface area (Å²) in [4.78, 5) is 12.8. The number of nitrogens with zero attached hydrogens (tertiary/aromatic N) is 1. The first-order chi connectivity index (χ1) is 5.52. The summed E-state index contributed by atoms with van der Waals surface area (Å²) in [6.07, 6.45) is 0. The number of thiophene rings is 1. The highest BCUT2D eigenvalue weighted by Crippen LogP contribution is 2.34. The van der Waals surface area contributed by atoms with Gasteiger partial charge in [0.25, 0.3) is 0 Å². The maximum atomic E-state index is 10.6. The fourth-order valence-electron chi connectivity index (χ4n) is 0.769. The average Bonchev–Trinajstić information content (AvgIpc) is 2.30. The van der Waals surface area contributed by atoms with Gasteiger partial charge in [-0.3, -0.25) is 0 Å². The van der Waals surface area contributed by atoms with E-state index in [0.29, 0.717) is 4.88 Å². The smallest absolute Gasteiger partial charge is 0.345 e. The van der Waals surface area contributed by atoms with Gasteiger partial charge in [0, 0.05) is 14.1 Å². The third kappa shape index (κ3) is 1.78. The van der Waals surface area contributed by atoms with E-state index in [4.69, 9.17) is 5.11 Å². The molecule has 3 nitrogen and oxygen atoms in total. The number of rotatable bonds is 2. The third-order valence-corrected chi connectivity index (χ3v) is 3.44. The van der Waals surface area contributed by atoms with E-state index < -0.39 is 5.97 Å². The van der Waals surface area contributed by atoms with Gasteiger partial charge in [0.05, 0.1) is 4.47 Å². The Morgan fingerprint density at radius 3 is 2.50 bits per heavy atom. The van der Waals surface area contributed by atoms with E-state index in [0.717, 1.165) is 9.47 Å². The Labute approximate surface area is 82.7 Å². The standard InChI is InChI=1S/C7H8BrNO2S/c1-9(2)6-4(8)3-5(12-6)7(10)11/h3H,1-2H3,(H,10,11). The maximum Gasteiger partial charge on any atom is 0.345 e. The highest BCUT2D eigenvalue weighted by Gasteiger charge is 2.12. The number of anilines is 1. The van der Waals surface area contributed by atoms with Crippen molar-refractivity contribution in [2.45, 2.75) is 0 Å². The molecular weight excluding hydrogens is 242 g/mol. The summed E-state index contributed by atoms with van der Waals surface area (Å²) in [5.74, 6) is -0.881. The van der Waals surface area contributed by atoms with Gasteiger partial charge in [-0.15, -0.1) is 11.3 Å². The van der Waals surface area contributed by atoms with Crippen LogP contribution in [-0.2, 0) is 0 Å². The summed E-state index contributed by atoms with van der Waals surface area (Å²) in [6.45, 7) is 0. The normalized spacial score (nSPS) is 9.92. The largest absolute Gasteiger partial charge is 0.477 e. The minimum atomic E-state index is -0.881. The number of carboxylic acid groups (broad SMARTS) is 1. The van der Waals surface area contributed by atoms with Gasteiger partial charge in [-0.2, -0.15) is 0 Å². The van der Waals surface area contributed by atoms with Gasteiger partial charge in [-0.05, 0) is 22.0 Å².